The first kappa shape index (κ1) is 14.5. The minimum absolute atomic E-state index is 0.337. The molecule has 1 fully saturated rings. The van der Waals surface area contributed by atoms with Gasteiger partial charge < -0.3 is 10.1 Å². The average molecular weight is 261 g/mol. The van der Waals surface area contributed by atoms with Crippen LogP contribution in [0.15, 0.2) is 30.3 Å². The quantitative estimate of drug-likeness (QED) is 0.871. The Morgan fingerprint density at radius 2 is 2.00 bits per heavy atom. The smallest absolute Gasteiger partial charge is 0.0737 e. The van der Waals surface area contributed by atoms with E-state index in [0.29, 0.717) is 17.6 Å². The van der Waals surface area contributed by atoms with Gasteiger partial charge in [0, 0.05) is 6.04 Å². The molecule has 0 heterocycles. The van der Waals surface area contributed by atoms with Crippen LogP contribution in [-0.4, -0.2) is 18.7 Å². The molecule has 0 saturated heterocycles. The summed E-state index contributed by atoms with van der Waals surface area (Å²) in [6.45, 7) is 8.63. The van der Waals surface area contributed by atoms with Crippen LogP contribution >= 0.6 is 0 Å². The molecule has 19 heavy (non-hydrogen) atoms. The molecule has 0 aliphatic heterocycles. The van der Waals surface area contributed by atoms with Gasteiger partial charge in [0.25, 0.3) is 0 Å². The van der Waals surface area contributed by atoms with Gasteiger partial charge in [0.1, 0.15) is 0 Å². The molecule has 0 bridgehead atoms. The van der Waals surface area contributed by atoms with Crippen molar-refractivity contribution < 1.29 is 4.74 Å². The molecule has 2 unspecified atom stereocenters. The lowest BCUT2D eigenvalue weighted by Crippen LogP contribution is -2.47. The van der Waals surface area contributed by atoms with Gasteiger partial charge >= 0.3 is 0 Å². The fourth-order valence-corrected chi connectivity index (χ4v) is 2.97. The lowest BCUT2D eigenvalue weighted by Gasteiger charge is -2.41. The second-order valence-electron chi connectivity index (χ2n) is 6.41. The second-order valence-corrected chi connectivity index (χ2v) is 6.41. The summed E-state index contributed by atoms with van der Waals surface area (Å²) in [6.07, 6.45) is 4.00. The molecule has 1 N–H and O–H groups in total. The second kappa shape index (κ2) is 6.53. The van der Waals surface area contributed by atoms with Crippen LogP contribution in [0.1, 0.15) is 45.6 Å². The molecule has 2 heteroatoms. The van der Waals surface area contributed by atoms with Crippen LogP contribution in [0, 0.1) is 5.41 Å². The number of rotatable bonds is 5. The predicted molar refractivity (Wildman–Crippen MR) is 80.1 cm³/mol. The normalized spacial score (nSPS) is 26.3. The van der Waals surface area contributed by atoms with Gasteiger partial charge in [-0.3, -0.25) is 0 Å². The van der Waals surface area contributed by atoms with Crippen molar-refractivity contribution in [2.24, 2.45) is 5.41 Å². The predicted octanol–water partition coefficient (Wildman–Crippen LogP) is 3.76. The molecule has 1 saturated carbocycles. The van der Waals surface area contributed by atoms with Gasteiger partial charge in [-0.15, -0.1) is 0 Å². The van der Waals surface area contributed by atoms with Crippen LogP contribution in [-0.2, 0) is 11.3 Å². The summed E-state index contributed by atoms with van der Waals surface area (Å²) in [5.74, 6) is 0. The highest BCUT2D eigenvalue weighted by atomic mass is 16.5. The van der Waals surface area contributed by atoms with Crippen LogP contribution in [0.3, 0.4) is 0 Å². The molecule has 2 nitrogen and oxygen atoms in total. The van der Waals surface area contributed by atoms with Crippen LogP contribution in [0.25, 0.3) is 0 Å². The summed E-state index contributed by atoms with van der Waals surface area (Å²) in [7, 11) is 0. The van der Waals surface area contributed by atoms with Crippen LogP contribution in [0.4, 0.5) is 0 Å². The van der Waals surface area contributed by atoms with Gasteiger partial charge in [0.05, 0.1) is 12.7 Å². The van der Waals surface area contributed by atoms with Gasteiger partial charge in [-0.25, -0.2) is 0 Å². The molecule has 106 valence electrons. The molecule has 0 aromatic heterocycles. The Kier molecular flexibility index (Phi) is 5.00. The summed E-state index contributed by atoms with van der Waals surface area (Å²) >= 11 is 0. The van der Waals surface area contributed by atoms with E-state index in [4.69, 9.17) is 4.74 Å². The third-order valence-electron chi connectivity index (χ3n) is 4.11. The maximum absolute atomic E-state index is 6.21. The van der Waals surface area contributed by atoms with E-state index in [0.717, 1.165) is 19.6 Å². The summed E-state index contributed by atoms with van der Waals surface area (Å²) < 4.78 is 6.21. The number of hydrogen-bond acceptors (Lipinski definition) is 2. The van der Waals surface area contributed by atoms with Crippen LogP contribution in [0.2, 0.25) is 0 Å². The third kappa shape index (κ3) is 4.32. The zero-order chi connectivity index (χ0) is 13.7. The van der Waals surface area contributed by atoms with Crippen LogP contribution in [0.5, 0.6) is 0 Å². The maximum Gasteiger partial charge on any atom is 0.0737 e. The van der Waals surface area contributed by atoms with E-state index in [1.165, 1.54) is 18.4 Å². The molecule has 0 radical (unpaired) electrons. The van der Waals surface area contributed by atoms with E-state index in [-0.39, 0.29) is 0 Å². The molecule has 2 atom stereocenters. The Hall–Kier alpha value is -0.860. The van der Waals surface area contributed by atoms with Crippen molar-refractivity contribution in [3.05, 3.63) is 35.9 Å². The van der Waals surface area contributed by atoms with Gasteiger partial charge in [-0.05, 0) is 36.8 Å². The Morgan fingerprint density at radius 1 is 1.26 bits per heavy atom. The molecule has 1 aromatic rings. The topological polar surface area (TPSA) is 21.3 Å². The minimum atomic E-state index is 0.337. The standard InChI is InChI=1S/C17H27NO/c1-4-18-15-10-11-17(2,3)12-16(15)19-13-14-8-6-5-7-9-14/h5-9,15-16,18H,4,10-13H2,1-3H3. The number of benzene rings is 1. The Morgan fingerprint density at radius 3 is 2.68 bits per heavy atom. The van der Waals surface area contributed by atoms with Crippen molar-refractivity contribution in [1.29, 1.82) is 0 Å². The molecule has 1 aliphatic rings. The highest BCUT2D eigenvalue weighted by molar-refractivity contribution is 5.13. The van der Waals surface area contributed by atoms with Crippen molar-refractivity contribution in [3.63, 3.8) is 0 Å². The summed E-state index contributed by atoms with van der Waals surface area (Å²) in [5, 5.41) is 3.58. The molecule has 1 aliphatic carbocycles. The lowest BCUT2D eigenvalue weighted by atomic mass is 9.74. The number of nitrogens with one attached hydrogen (secondary N) is 1. The first-order valence-electron chi connectivity index (χ1n) is 7.49. The van der Waals surface area contributed by atoms with Crippen molar-refractivity contribution >= 4 is 0 Å². The molecule has 1 aromatic carbocycles. The molecular formula is C17H27NO. The van der Waals surface area contributed by atoms with Crippen molar-refractivity contribution in [2.75, 3.05) is 6.54 Å². The maximum atomic E-state index is 6.21. The highest BCUT2D eigenvalue weighted by Gasteiger charge is 2.34. The molecular weight excluding hydrogens is 234 g/mol. The summed E-state index contributed by atoms with van der Waals surface area (Å²) in [5.41, 5.74) is 1.67. The Balaban J connectivity index is 1.94. The highest BCUT2D eigenvalue weighted by Crippen LogP contribution is 2.37. The van der Waals surface area contributed by atoms with Gasteiger partial charge in [0.2, 0.25) is 0 Å². The van der Waals surface area contributed by atoms with Crippen molar-refractivity contribution in [3.8, 4) is 0 Å². The molecule has 0 amide bonds. The van der Waals surface area contributed by atoms with E-state index >= 15 is 0 Å². The summed E-state index contributed by atoms with van der Waals surface area (Å²) in [6, 6.07) is 11.0. The molecule has 0 spiro atoms. The van der Waals surface area contributed by atoms with E-state index < -0.39 is 0 Å². The van der Waals surface area contributed by atoms with Gasteiger partial charge in [-0.1, -0.05) is 51.1 Å². The van der Waals surface area contributed by atoms with Gasteiger partial charge in [-0.2, -0.15) is 0 Å². The lowest BCUT2D eigenvalue weighted by molar-refractivity contribution is -0.0367. The fourth-order valence-electron chi connectivity index (χ4n) is 2.97. The zero-order valence-electron chi connectivity index (χ0n) is 12.5. The number of likely N-dealkylation sites (N-methyl/N-ethyl adjacent to an activating group) is 1. The first-order valence-corrected chi connectivity index (χ1v) is 7.49. The zero-order valence-corrected chi connectivity index (χ0v) is 12.5. The fraction of sp³-hybridized carbons (Fsp3) is 0.647. The first-order chi connectivity index (χ1) is 9.11. The molecule has 2 rings (SSSR count). The average Bonchev–Trinajstić information content (AvgIpc) is 2.40. The van der Waals surface area contributed by atoms with Gasteiger partial charge in [0.15, 0.2) is 0 Å². The van der Waals surface area contributed by atoms with E-state index in [9.17, 15) is 0 Å². The SMILES string of the molecule is CCNC1CCC(C)(C)CC1OCc1ccccc1. The minimum Gasteiger partial charge on any atom is -0.372 e. The third-order valence-corrected chi connectivity index (χ3v) is 4.11. The largest absolute Gasteiger partial charge is 0.372 e. The monoisotopic (exact) mass is 261 g/mol. The Bertz CT molecular complexity index is 374. The summed E-state index contributed by atoms with van der Waals surface area (Å²) in [4.78, 5) is 0. The Labute approximate surface area is 117 Å². The van der Waals surface area contributed by atoms with E-state index in [1.54, 1.807) is 0 Å². The van der Waals surface area contributed by atoms with Crippen molar-refractivity contribution in [1.82, 2.24) is 5.32 Å². The van der Waals surface area contributed by atoms with E-state index in [2.05, 4.69) is 56.4 Å². The number of hydrogen-bond donors (Lipinski definition) is 1. The van der Waals surface area contributed by atoms with E-state index in [1.807, 2.05) is 0 Å². The van der Waals surface area contributed by atoms with Crippen LogP contribution < -0.4 is 5.32 Å². The number of ether oxygens (including phenoxy) is 1. The van der Waals surface area contributed by atoms with Crippen molar-refractivity contribution in [2.45, 2.75) is 58.8 Å².